The Hall–Kier alpha value is -2.87. The van der Waals surface area contributed by atoms with E-state index in [1.165, 1.54) is 0 Å². The van der Waals surface area contributed by atoms with E-state index in [0.29, 0.717) is 35.4 Å². The lowest BCUT2D eigenvalue weighted by Crippen LogP contribution is -2.39. The number of carbonyl (C=O) groups excluding carboxylic acids is 1. The second kappa shape index (κ2) is 7.51. The van der Waals surface area contributed by atoms with Gasteiger partial charge in [-0.1, -0.05) is 15.9 Å². The summed E-state index contributed by atoms with van der Waals surface area (Å²) in [7, 11) is 0. The van der Waals surface area contributed by atoms with Gasteiger partial charge in [0, 0.05) is 28.7 Å². The molecular formula is C21H18BrN3O4. The van der Waals surface area contributed by atoms with Crippen LogP contribution >= 0.6 is 15.9 Å². The van der Waals surface area contributed by atoms with Crippen LogP contribution in [0.4, 0.5) is 0 Å². The Kier molecular flexibility index (Phi) is 4.71. The fraction of sp³-hybridized carbons (Fsp3) is 0.286. The van der Waals surface area contributed by atoms with Crippen LogP contribution in [-0.2, 0) is 0 Å². The molecule has 0 aliphatic carbocycles. The largest absolute Gasteiger partial charge is 0.454 e. The summed E-state index contributed by atoms with van der Waals surface area (Å²) in [4.78, 5) is 14.7. The molecule has 0 spiro atoms. The highest BCUT2D eigenvalue weighted by Crippen LogP contribution is 2.36. The number of benzene rings is 2. The molecule has 7 nitrogen and oxygen atoms in total. The van der Waals surface area contributed by atoms with Crippen molar-refractivity contribution in [2.24, 2.45) is 0 Å². The molecule has 3 heterocycles. The third-order valence-corrected chi connectivity index (χ3v) is 5.74. The van der Waals surface area contributed by atoms with Gasteiger partial charge in [0.05, 0.1) is 5.92 Å². The molecule has 3 aromatic rings. The lowest BCUT2D eigenvalue weighted by Gasteiger charge is -2.31. The number of rotatable bonds is 3. The molecule has 0 bridgehead atoms. The molecule has 0 saturated carbocycles. The predicted molar refractivity (Wildman–Crippen MR) is 108 cm³/mol. The predicted octanol–water partition coefficient (Wildman–Crippen LogP) is 4.25. The molecule has 29 heavy (non-hydrogen) atoms. The van der Waals surface area contributed by atoms with Crippen molar-refractivity contribution in [2.45, 2.75) is 18.8 Å². The molecule has 2 aliphatic rings. The van der Waals surface area contributed by atoms with Crippen LogP contribution in [0.5, 0.6) is 11.5 Å². The topological polar surface area (TPSA) is 77.7 Å². The van der Waals surface area contributed by atoms with E-state index in [9.17, 15) is 4.79 Å². The Bertz CT molecular complexity index is 1050. The molecule has 1 atom stereocenters. The van der Waals surface area contributed by atoms with Gasteiger partial charge in [-0.25, -0.2) is 0 Å². The molecule has 148 valence electrons. The number of hydrogen-bond donors (Lipinski definition) is 0. The van der Waals surface area contributed by atoms with Crippen LogP contribution in [0.15, 0.2) is 51.4 Å². The molecule has 8 heteroatoms. The van der Waals surface area contributed by atoms with E-state index in [0.717, 1.165) is 29.4 Å². The monoisotopic (exact) mass is 455 g/mol. The Labute approximate surface area is 175 Å². The summed E-state index contributed by atoms with van der Waals surface area (Å²) >= 11 is 3.40. The van der Waals surface area contributed by atoms with Crippen molar-refractivity contribution in [3.05, 3.63) is 58.4 Å². The first-order valence-corrected chi connectivity index (χ1v) is 10.2. The van der Waals surface area contributed by atoms with Crippen LogP contribution in [0.25, 0.3) is 11.5 Å². The molecule has 1 aromatic heterocycles. The molecular weight excluding hydrogens is 438 g/mol. The van der Waals surface area contributed by atoms with E-state index < -0.39 is 0 Å². The van der Waals surface area contributed by atoms with Crippen molar-refractivity contribution in [3.8, 4) is 23.0 Å². The molecule has 2 aromatic carbocycles. The van der Waals surface area contributed by atoms with Crippen molar-refractivity contribution < 1.29 is 18.7 Å². The van der Waals surface area contributed by atoms with Gasteiger partial charge in [0.1, 0.15) is 0 Å². The number of halogens is 1. The number of piperidine rings is 1. The molecule has 2 aliphatic heterocycles. The van der Waals surface area contributed by atoms with Crippen molar-refractivity contribution in [2.75, 3.05) is 19.9 Å². The lowest BCUT2D eigenvalue weighted by atomic mass is 9.97. The van der Waals surface area contributed by atoms with Crippen LogP contribution in [-0.4, -0.2) is 40.9 Å². The minimum absolute atomic E-state index is 0.0257. The molecule has 0 N–H and O–H groups in total. The lowest BCUT2D eigenvalue weighted by molar-refractivity contribution is 0.0698. The summed E-state index contributed by atoms with van der Waals surface area (Å²) in [5.74, 6) is 2.44. The zero-order chi connectivity index (χ0) is 19.8. The highest BCUT2D eigenvalue weighted by molar-refractivity contribution is 9.10. The molecule has 5 rings (SSSR count). The van der Waals surface area contributed by atoms with Gasteiger partial charge in [0.2, 0.25) is 18.6 Å². The van der Waals surface area contributed by atoms with E-state index in [1.54, 1.807) is 0 Å². The average Bonchev–Trinajstić information content (AvgIpc) is 3.43. The highest BCUT2D eigenvalue weighted by Gasteiger charge is 2.29. The summed E-state index contributed by atoms with van der Waals surface area (Å²) in [5.41, 5.74) is 1.46. The van der Waals surface area contributed by atoms with Gasteiger partial charge >= 0.3 is 0 Å². The minimum atomic E-state index is 0.0257. The number of aromatic nitrogens is 2. The molecule has 1 saturated heterocycles. The van der Waals surface area contributed by atoms with Crippen molar-refractivity contribution >= 4 is 21.8 Å². The van der Waals surface area contributed by atoms with E-state index in [-0.39, 0.29) is 18.6 Å². The van der Waals surface area contributed by atoms with Gasteiger partial charge in [-0.15, -0.1) is 10.2 Å². The van der Waals surface area contributed by atoms with Gasteiger partial charge in [-0.2, -0.15) is 0 Å². The van der Waals surface area contributed by atoms with Crippen molar-refractivity contribution in [1.82, 2.24) is 15.1 Å². The highest BCUT2D eigenvalue weighted by atomic mass is 79.9. The number of nitrogens with zero attached hydrogens (tertiary/aromatic N) is 3. The molecule has 1 fully saturated rings. The van der Waals surface area contributed by atoms with Crippen LogP contribution in [0.2, 0.25) is 0 Å². The maximum atomic E-state index is 12.8. The van der Waals surface area contributed by atoms with E-state index in [2.05, 4.69) is 26.1 Å². The van der Waals surface area contributed by atoms with E-state index >= 15 is 0 Å². The first-order valence-electron chi connectivity index (χ1n) is 9.45. The fourth-order valence-corrected chi connectivity index (χ4v) is 3.95. The number of amides is 1. The first-order chi connectivity index (χ1) is 14.2. The Morgan fingerprint density at radius 3 is 2.76 bits per heavy atom. The number of ether oxygens (including phenoxy) is 2. The Balaban J connectivity index is 1.32. The van der Waals surface area contributed by atoms with Crippen LogP contribution in [0.1, 0.15) is 35.0 Å². The maximum Gasteiger partial charge on any atom is 0.253 e. The van der Waals surface area contributed by atoms with Gasteiger partial charge in [-0.3, -0.25) is 4.79 Å². The van der Waals surface area contributed by atoms with Gasteiger partial charge < -0.3 is 18.8 Å². The third-order valence-electron chi connectivity index (χ3n) is 5.21. The SMILES string of the molecule is O=C(c1ccc(Br)cc1)N1CCCC(c2nnc(-c3ccc4c(c3)OCO4)o2)C1. The normalized spacial score (nSPS) is 18.1. The number of likely N-dealkylation sites (tertiary alicyclic amines) is 1. The number of fused-ring (bicyclic) bond motifs is 1. The van der Waals surface area contributed by atoms with Crippen molar-refractivity contribution in [1.29, 1.82) is 0 Å². The smallest absolute Gasteiger partial charge is 0.253 e. The molecule has 0 radical (unpaired) electrons. The Morgan fingerprint density at radius 1 is 1.07 bits per heavy atom. The van der Waals surface area contributed by atoms with Crippen LogP contribution in [0, 0.1) is 0 Å². The van der Waals surface area contributed by atoms with Gasteiger partial charge in [0.15, 0.2) is 11.5 Å². The second-order valence-electron chi connectivity index (χ2n) is 7.11. The molecule has 1 amide bonds. The van der Waals surface area contributed by atoms with Crippen molar-refractivity contribution in [3.63, 3.8) is 0 Å². The van der Waals surface area contributed by atoms with Crippen LogP contribution < -0.4 is 9.47 Å². The summed E-state index contributed by atoms with van der Waals surface area (Å²) in [6, 6.07) is 13.0. The van der Waals surface area contributed by atoms with E-state index in [4.69, 9.17) is 13.9 Å². The standard InChI is InChI=1S/C21H18BrN3O4/c22-16-6-3-13(4-7-16)21(26)25-9-1-2-15(11-25)20-24-23-19(29-20)14-5-8-17-18(10-14)28-12-27-17/h3-8,10,15H,1-2,9,11-12H2. The Morgan fingerprint density at radius 2 is 1.90 bits per heavy atom. The first kappa shape index (κ1) is 18.2. The van der Waals surface area contributed by atoms with Gasteiger partial charge in [-0.05, 0) is 55.3 Å². The summed E-state index contributed by atoms with van der Waals surface area (Å²) in [5, 5.41) is 8.46. The maximum absolute atomic E-state index is 12.8. The molecule has 1 unspecified atom stereocenters. The zero-order valence-electron chi connectivity index (χ0n) is 15.5. The summed E-state index contributed by atoms with van der Waals surface area (Å²) in [6.07, 6.45) is 1.81. The van der Waals surface area contributed by atoms with Gasteiger partial charge in [0.25, 0.3) is 5.91 Å². The zero-order valence-corrected chi connectivity index (χ0v) is 17.1. The van der Waals surface area contributed by atoms with E-state index in [1.807, 2.05) is 47.4 Å². The minimum Gasteiger partial charge on any atom is -0.454 e. The number of hydrogen-bond acceptors (Lipinski definition) is 6. The third kappa shape index (κ3) is 3.60. The second-order valence-corrected chi connectivity index (χ2v) is 8.03. The summed E-state index contributed by atoms with van der Waals surface area (Å²) < 4.78 is 17.7. The quantitative estimate of drug-likeness (QED) is 0.587. The summed E-state index contributed by atoms with van der Waals surface area (Å²) in [6.45, 7) is 1.52. The number of carbonyl (C=O) groups is 1. The fourth-order valence-electron chi connectivity index (χ4n) is 3.68. The van der Waals surface area contributed by atoms with Crippen LogP contribution in [0.3, 0.4) is 0 Å². The average molecular weight is 456 g/mol.